The second-order valence-corrected chi connectivity index (χ2v) is 3.38. The van der Waals surface area contributed by atoms with E-state index >= 15 is 0 Å². The first-order valence-corrected chi connectivity index (χ1v) is 5.38. The number of halogens is 4. The van der Waals surface area contributed by atoms with E-state index in [1.807, 2.05) is 0 Å². The van der Waals surface area contributed by atoms with Crippen molar-refractivity contribution in [1.82, 2.24) is 4.98 Å². The largest absolute Gasteiger partial charge is 0.573 e. The summed E-state index contributed by atoms with van der Waals surface area (Å²) in [7, 11) is 1.28. The van der Waals surface area contributed by atoms with E-state index in [9.17, 15) is 18.0 Å². The Bertz CT molecular complexity index is 423. The van der Waals surface area contributed by atoms with Gasteiger partial charge in [-0.05, 0) is 0 Å². The molecule has 94 valence electrons. The van der Waals surface area contributed by atoms with E-state index < -0.39 is 17.8 Å². The molecular weight excluding hydrogens is 307 g/mol. The van der Waals surface area contributed by atoms with Crippen LogP contribution in [-0.2, 0) is 5.33 Å². The van der Waals surface area contributed by atoms with Crippen LogP contribution in [0.5, 0.6) is 11.5 Å². The Hall–Kier alpha value is -1.31. The molecule has 0 aliphatic carbocycles. The maximum atomic E-state index is 12.1. The molecule has 0 amide bonds. The van der Waals surface area contributed by atoms with Crippen molar-refractivity contribution in [3.05, 3.63) is 17.5 Å². The Morgan fingerprint density at radius 3 is 2.53 bits per heavy atom. The van der Waals surface area contributed by atoms with E-state index in [0.29, 0.717) is 5.69 Å². The van der Waals surface area contributed by atoms with Gasteiger partial charge >= 0.3 is 6.36 Å². The van der Waals surface area contributed by atoms with E-state index in [2.05, 4.69) is 25.7 Å². The molecule has 0 unspecified atom stereocenters. The lowest BCUT2D eigenvalue weighted by molar-refractivity contribution is -0.274. The fourth-order valence-electron chi connectivity index (χ4n) is 1.10. The average molecular weight is 314 g/mol. The number of rotatable bonds is 4. The zero-order chi connectivity index (χ0) is 13.1. The topological polar surface area (TPSA) is 48.4 Å². The van der Waals surface area contributed by atoms with Crippen LogP contribution in [0.25, 0.3) is 0 Å². The lowest BCUT2D eigenvalue weighted by atomic mass is 10.2. The van der Waals surface area contributed by atoms with Gasteiger partial charge in [0, 0.05) is 11.4 Å². The normalized spacial score (nSPS) is 11.1. The minimum absolute atomic E-state index is 0.103. The van der Waals surface area contributed by atoms with Gasteiger partial charge in [-0.15, -0.1) is 13.2 Å². The third-order valence-corrected chi connectivity index (χ3v) is 2.27. The van der Waals surface area contributed by atoms with Gasteiger partial charge in [-0.25, -0.2) is 4.98 Å². The minimum Gasteiger partial charge on any atom is -0.495 e. The molecule has 1 rings (SSSR count). The standard InChI is InChI=1S/C9H7BrF3NO3/c1-16-7-2-8(17-9(11,12)13)6(4-15)14-5(7)3-10/h2,4H,3H2,1H3. The molecule has 4 nitrogen and oxygen atoms in total. The molecule has 0 saturated heterocycles. The van der Waals surface area contributed by atoms with Gasteiger partial charge in [0.05, 0.1) is 12.8 Å². The van der Waals surface area contributed by atoms with E-state index in [1.165, 1.54) is 7.11 Å². The SMILES string of the molecule is COc1cc(OC(F)(F)F)c(C=O)nc1CBr. The highest BCUT2D eigenvalue weighted by Gasteiger charge is 2.33. The Kier molecular flexibility index (Phi) is 4.33. The maximum absolute atomic E-state index is 12.1. The van der Waals surface area contributed by atoms with E-state index in [4.69, 9.17) is 4.74 Å². The van der Waals surface area contributed by atoms with Crippen LogP contribution in [0.3, 0.4) is 0 Å². The van der Waals surface area contributed by atoms with Crippen molar-refractivity contribution < 1.29 is 27.4 Å². The molecule has 0 radical (unpaired) electrons. The fourth-order valence-corrected chi connectivity index (χ4v) is 1.50. The predicted molar refractivity (Wildman–Crippen MR) is 55.5 cm³/mol. The zero-order valence-corrected chi connectivity index (χ0v) is 10.1. The summed E-state index contributed by atoms with van der Waals surface area (Å²) in [6, 6.07) is 0.973. The summed E-state index contributed by atoms with van der Waals surface area (Å²) in [6.07, 6.45) is -4.70. The molecule has 0 saturated carbocycles. The number of carbonyl (C=O) groups is 1. The van der Waals surface area contributed by atoms with E-state index in [1.54, 1.807) is 0 Å². The number of carbonyl (C=O) groups excluding carboxylic acids is 1. The number of aromatic nitrogens is 1. The third kappa shape index (κ3) is 3.58. The lowest BCUT2D eigenvalue weighted by Gasteiger charge is -2.13. The highest BCUT2D eigenvalue weighted by Crippen LogP contribution is 2.30. The summed E-state index contributed by atoms with van der Waals surface area (Å²) in [4.78, 5) is 14.3. The molecular formula is C9H7BrF3NO3. The summed E-state index contributed by atoms with van der Waals surface area (Å²) in [5.41, 5.74) is -0.123. The van der Waals surface area contributed by atoms with Crippen molar-refractivity contribution in [3.63, 3.8) is 0 Å². The fraction of sp³-hybridized carbons (Fsp3) is 0.333. The molecule has 0 aromatic carbocycles. The summed E-state index contributed by atoms with van der Waals surface area (Å²) in [5, 5.41) is 0.239. The van der Waals surface area contributed by atoms with Gasteiger partial charge in [0.2, 0.25) is 0 Å². The third-order valence-electron chi connectivity index (χ3n) is 1.74. The monoisotopic (exact) mass is 313 g/mol. The summed E-state index contributed by atoms with van der Waals surface area (Å²) in [5.74, 6) is -0.583. The van der Waals surface area contributed by atoms with Crippen LogP contribution in [-0.4, -0.2) is 24.7 Å². The van der Waals surface area contributed by atoms with Crippen molar-refractivity contribution in [2.24, 2.45) is 0 Å². The molecule has 0 bridgehead atoms. The molecule has 0 aliphatic rings. The van der Waals surface area contributed by atoms with Crippen molar-refractivity contribution in [3.8, 4) is 11.5 Å². The van der Waals surface area contributed by atoms with Gasteiger partial charge in [0.25, 0.3) is 0 Å². The van der Waals surface area contributed by atoms with Crippen LogP contribution in [0.1, 0.15) is 16.2 Å². The number of methoxy groups -OCH3 is 1. The highest BCUT2D eigenvalue weighted by molar-refractivity contribution is 9.08. The first kappa shape index (κ1) is 13.8. The zero-order valence-electron chi connectivity index (χ0n) is 8.55. The second-order valence-electron chi connectivity index (χ2n) is 2.82. The Labute approximate surface area is 103 Å². The number of aldehydes is 1. The molecule has 1 aromatic heterocycles. The van der Waals surface area contributed by atoms with Crippen LogP contribution in [0.2, 0.25) is 0 Å². The van der Waals surface area contributed by atoms with Crippen molar-refractivity contribution in [1.29, 1.82) is 0 Å². The van der Waals surface area contributed by atoms with Gasteiger partial charge in [-0.1, -0.05) is 15.9 Å². The quantitative estimate of drug-likeness (QED) is 0.633. The molecule has 0 atom stereocenters. The molecule has 0 N–H and O–H groups in total. The van der Waals surface area contributed by atoms with Gasteiger partial charge in [0.1, 0.15) is 11.4 Å². The summed E-state index contributed by atoms with van der Waals surface area (Å²) < 4.78 is 44.7. The predicted octanol–water partition coefficient (Wildman–Crippen LogP) is 2.70. The Morgan fingerprint density at radius 1 is 1.47 bits per heavy atom. The van der Waals surface area contributed by atoms with Crippen LogP contribution in [0, 0.1) is 0 Å². The number of pyridine rings is 1. The van der Waals surface area contributed by atoms with Gasteiger partial charge < -0.3 is 9.47 Å². The Balaban J connectivity index is 3.24. The molecule has 0 aliphatic heterocycles. The van der Waals surface area contributed by atoms with E-state index in [-0.39, 0.29) is 17.4 Å². The molecule has 0 fully saturated rings. The Morgan fingerprint density at radius 2 is 2.12 bits per heavy atom. The van der Waals surface area contributed by atoms with Crippen LogP contribution < -0.4 is 9.47 Å². The van der Waals surface area contributed by atoms with Gasteiger partial charge in [-0.3, -0.25) is 4.79 Å². The second kappa shape index (κ2) is 5.35. The number of hydrogen-bond donors (Lipinski definition) is 0. The summed E-state index contributed by atoms with van der Waals surface area (Å²) in [6.45, 7) is 0. The lowest BCUT2D eigenvalue weighted by Crippen LogP contribution is -2.19. The maximum Gasteiger partial charge on any atom is 0.573 e. The summed E-state index contributed by atoms with van der Waals surface area (Å²) >= 11 is 3.08. The van der Waals surface area contributed by atoms with Crippen LogP contribution in [0.15, 0.2) is 6.07 Å². The van der Waals surface area contributed by atoms with Crippen LogP contribution in [0.4, 0.5) is 13.2 Å². The first-order valence-electron chi connectivity index (χ1n) is 4.26. The van der Waals surface area contributed by atoms with Crippen molar-refractivity contribution in [2.45, 2.75) is 11.7 Å². The van der Waals surface area contributed by atoms with Gasteiger partial charge in [0.15, 0.2) is 12.0 Å². The van der Waals surface area contributed by atoms with E-state index in [0.717, 1.165) is 6.07 Å². The molecule has 1 aromatic rings. The number of hydrogen-bond acceptors (Lipinski definition) is 4. The molecule has 0 spiro atoms. The highest BCUT2D eigenvalue weighted by atomic mass is 79.9. The van der Waals surface area contributed by atoms with Crippen LogP contribution >= 0.6 is 15.9 Å². The number of ether oxygens (including phenoxy) is 2. The smallest absolute Gasteiger partial charge is 0.495 e. The van der Waals surface area contributed by atoms with Crippen molar-refractivity contribution >= 4 is 22.2 Å². The first-order chi connectivity index (χ1) is 7.91. The average Bonchev–Trinajstić information content (AvgIpc) is 2.26. The van der Waals surface area contributed by atoms with Gasteiger partial charge in [-0.2, -0.15) is 0 Å². The molecule has 8 heteroatoms. The number of nitrogens with zero attached hydrogens (tertiary/aromatic N) is 1. The number of alkyl halides is 4. The van der Waals surface area contributed by atoms with Crippen molar-refractivity contribution in [2.75, 3.05) is 7.11 Å². The molecule has 17 heavy (non-hydrogen) atoms. The minimum atomic E-state index is -4.89. The molecule has 1 heterocycles.